The van der Waals surface area contributed by atoms with Crippen molar-refractivity contribution in [3.63, 3.8) is 0 Å². The molecule has 0 spiro atoms. The van der Waals surface area contributed by atoms with Gasteiger partial charge in [-0.15, -0.1) is 11.6 Å². The van der Waals surface area contributed by atoms with Gasteiger partial charge in [0.25, 0.3) is 0 Å². The number of likely N-dealkylation sites (tertiary alicyclic amines) is 1. The molecule has 2 unspecified atom stereocenters. The molecular weight excluding hydrogens is 186 g/mol. The molecule has 0 aliphatic carbocycles. The van der Waals surface area contributed by atoms with Crippen LogP contribution in [0.1, 0.15) is 33.1 Å². The number of carbonyl (C=O) groups is 1. The summed E-state index contributed by atoms with van der Waals surface area (Å²) in [6.07, 6.45) is 2.56. The number of nitrogens with zero attached hydrogens (tertiary/aromatic N) is 1. The van der Waals surface area contributed by atoms with Gasteiger partial charge >= 0.3 is 0 Å². The molecule has 0 aromatic heterocycles. The van der Waals surface area contributed by atoms with Crippen LogP contribution in [0.15, 0.2) is 0 Å². The van der Waals surface area contributed by atoms with Crippen molar-refractivity contribution in [3.8, 4) is 0 Å². The van der Waals surface area contributed by atoms with Crippen LogP contribution in [-0.4, -0.2) is 29.3 Å². The van der Waals surface area contributed by atoms with E-state index in [0.29, 0.717) is 24.3 Å². The van der Waals surface area contributed by atoms with Crippen molar-refractivity contribution < 1.29 is 4.79 Å². The normalized spacial score (nSPS) is 28.1. The molecule has 1 heterocycles. The Labute approximate surface area is 85.2 Å². The summed E-state index contributed by atoms with van der Waals surface area (Å²) in [7, 11) is 0. The molecular formula is C10H18ClNO. The molecule has 1 fully saturated rings. The van der Waals surface area contributed by atoms with Crippen molar-refractivity contribution in [2.24, 2.45) is 5.92 Å². The number of halogens is 1. The number of rotatable bonds is 3. The molecule has 1 amide bonds. The van der Waals surface area contributed by atoms with E-state index < -0.39 is 0 Å². The Hall–Kier alpha value is -0.240. The second-order valence-electron chi connectivity index (χ2n) is 4.03. The van der Waals surface area contributed by atoms with E-state index in [0.717, 1.165) is 19.4 Å². The molecule has 1 rings (SSSR count). The first kappa shape index (κ1) is 10.8. The topological polar surface area (TPSA) is 20.3 Å². The van der Waals surface area contributed by atoms with Crippen LogP contribution in [0, 0.1) is 5.92 Å². The van der Waals surface area contributed by atoms with Crippen molar-refractivity contribution >= 4 is 17.5 Å². The van der Waals surface area contributed by atoms with Gasteiger partial charge in [0.15, 0.2) is 0 Å². The Kier molecular flexibility index (Phi) is 4.04. The number of amides is 1. The van der Waals surface area contributed by atoms with Gasteiger partial charge in [-0.05, 0) is 25.7 Å². The minimum atomic E-state index is 0.275. The minimum absolute atomic E-state index is 0.275. The Bertz CT molecular complexity index is 184. The maximum absolute atomic E-state index is 11.6. The first-order valence-electron chi connectivity index (χ1n) is 5.00. The fourth-order valence-electron chi connectivity index (χ4n) is 2.01. The summed E-state index contributed by atoms with van der Waals surface area (Å²) in [4.78, 5) is 13.6. The van der Waals surface area contributed by atoms with Gasteiger partial charge in [-0.25, -0.2) is 0 Å². The number of carbonyl (C=O) groups excluding carboxylic acids is 1. The summed E-state index contributed by atoms with van der Waals surface area (Å²) in [5.41, 5.74) is 0. The van der Waals surface area contributed by atoms with Crippen LogP contribution >= 0.6 is 11.6 Å². The average molecular weight is 204 g/mol. The monoisotopic (exact) mass is 203 g/mol. The van der Waals surface area contributed by atoms with Gasteiger partial charge in [-0.3, -0.25) is 4.79 Å². The largest absolute Gasteiger partial charge is 0.340 e. The Morgan fingerprint density at radius 3 is 2.69 bits per heavy atom. The van der Waals surface area contributed by atoms with E-state index >= 15 is 0 Å². The zero-order chi connectivity index (χ0) is 9.84. The molecule has 0 aromatic carbocycles. The lowest BCUT2D eigenvalue weighted by Crippen LogP contribution is -2.33. The average Bonchev–Trinajstić information content (AvgIpc) is 2.41. The van der Waals surface area contributed by atoms with E-state index in [1.807, 2.05) is 4.90 Å². The Morgan fingerprint density at radius 1 is 1.54 bits per heavy atom. The second kappa shape index (κ2) is 4.85. The third-order valence-corrected chi connectivity index (χ3v) is 2.90. The molecule has 0 bridgehead atoms. The van der Waals surface area contributed by atoms with Crippen molar-refractivity contribution in [3.05, 3.63) is 0 Å². The maximum atomic E-state index is 11.6. The minimum Gasteiger partial charge on any atom is -0.340 e. The fraction of sp³-hybridized carbons (Fsp3) is 0.900. The van der Waals surface area contributed by atoms with Crippen molar-refractivity contribution in [1.29, 1.82) is 0 Å². The van der Waals surface area contributed by atoms with E-state index in [1.54, 1.807) is 0 Å². The number of hydrogen-bond acceptors (Lipinski definition) is 1. The van der Waals surface area contributed by atoms with Gasteiger partial charge < -0.3 is 4.90 Å². The summed E-state index contributed by atoms with van der Waals surface area (Å²) >= 11 is 5.55. The van der Waals surface area contributed by atoms with Gasteiger partial charge in [0.05, 0.1) is 0 Å². The second-order valence-corrected chi connectivity index (χ2v) is 4.41. The molecule has 0 N–H and O–H groups in total. The molecule has 1 saturated heterocycles. The molecule has 0 saturated carbocycles. The van der Waals surface area contributed by atoms with Gasteiger partial charge in [-0.2, -0.15) is 0 Å². The van der Waals surface area contributed by atoms with Crippen LogP contribution in [0.5, 0.6) is 0 Å². The van der Waals surface area contributed by atoms with Crippen LogP contribution in [0.2, 0.25) is 0 Å². The molecule has 3 heteroatoms. The number of alkyl halides is 1. The molecule has 1 aliphatic rings. The molecule has 0 radical (unpaired) electrons. The van der Waals surface area contributed by atoms with Crippen molar-refractivity contribution in [1.82, 2.24) is 4.90 Å². The molecule has 2 atom stereocenters. The first-order valence-corrected chi connectivity index (χ1v) is 5.54. The zero-order valence-electron chi connectivity index (χ0n) is 8.42. The quantitative estimate of drug-likeness (QED) is 0.645. The predicted molar refractivity (Wildman–Crippen MR) is 54.9 cm³/mol. The van der Waals surface area contributed by atoms with Gasteiger partial charge in [-0.1, -0.05) is 6.92 Å². The van der Waals surface area contributed by atoms with E-state index in [4.69, 9.17) is 11.6 Å². The zero-order valence-corrected chi connectivity index (χ0v) is 9.18. The highest BCUT2D eigenvalue weighted by molar-refractivity contribution is 6.17. The van der Waals surface area contributed by atoms with Gasteiger partial charge in [0.2, 0.25) is 5.91 Å². The van der Waals surface area contributed by atoms with Crippen LogP contribution < -0.4 is 0 Å². The lowest BCUT2D eigenvalue weighted by atomic mass is 10.1. The van der Waals surface area contributed by atoms with E-state index in [9.17, 15) is 4.79 Å². The van der Waals surface area contributed by atoms with Crippen LogP contribution in [0.4, 0.5) is 0 Å². The van der Waals surface area contributed by atoms with Crippen LogP contribution in [-0.2, 0) is 4.79 Å². The molecule has 76 valence electrons. The summed E-state index contributed by atoms with van der Waals surface area (Å²) in [6.45, 7) is 5.26. The summed E-state index contributed by atoms with van der Waals surface area (Å²) in [5, 5.41) is 0. The van der Waals surface area contributed by atoms with E-state index in [-0.39, 0.29) is 5.91 Å². The van der Waals surface area contributed by atoms with Gasteiger partial charge in [0, 0.05) is 24.9 Å². The first-order chi connectivity index (χ1) is 6.15. The Morgan fingerprint density at radius 2 is 2.23 bits per heavy atom. The molecule has 13 heavy (non-hydrogen) atoms. The Balaban J connectivity index is 2.38. The highest BCUT2D eigenvalue weighted by Crippen LogP contribution is 2.23. The predicted octanol–water partition coefficient (Wildman–Crippen LogP) is 2.26. The number of hydrogen-bond donors (Lipinski definition) is 0. The standard InChI is InChI=1S/C10H18ClNO/c1-8-6-9(2)12(7-8)10(13)4-3-5-11/h8-9H,3-7H2,1-2H3. The third-order valence-electron chi connectivity index (χ3n) is 2.63. The van der Waals surface area contributed by atoms with Crippen LogP contribution in [0.25, 0.3) is 0 Å². The summed E-state index contributed by atoms with van der Waals surface area (Å²) in [6, 6.07) is 0.429. The molecule has 0 aromatic rings. The maximum Gasteiger partial charge on any atom is 0.222 e. The van der Waals surface area contributed by atoms with Crippen molar-refractivity contribution in [2.45, 2.75) is 39.2 Å². The fourth-order valence-corrected chi connectivity index (χ4v) is 2.14. The highest BCUT2D eigenvalue weighted by atomic mass is 35.5. The summed E-state index contributed by atoms with van der Waals surface area (Å²) < 4.78 is 0. The third kappa shape index (κ3) is 2.87. The lowest BCUT2D eigenvalue weighted by Gasteiger charge is -2.21. The highest BCUT2D eigenvalue weighted by Gasteiger charge is 2.28. The SMILES string of the molecule is CC1CC(C)N(C(=O)CCCCl)C1. The lowest BCUT2D eigenvalue weighted by molar-refractivity contribution is -0.131. The van der Waals surface area contributed by atoms with Crippen molar-refractivity contribution in [2.75, 3.05) is 12.4 Å². The smallest absolute Gasteiger partial charge is 0.222 e. The summed E-state index contributed by atoms with van der Waals surface area (Å²) in [5.74, 6) is 1.52. The van der Waals surface area contributed by atoms with Crippen LogP contribution in [0.3, 0.4) is 0 Å². The van der Waals surface area contributed by atoms with Gasteiger partial charge in [0.1, 0.15) is 0 Å². The van der Waals surface area contributed by atoms with E-state index in [1.165, 1.54) is 0 Å². The molecule has 1 aliphatic heterocycles. The van der Waals surface area contributed by atoms with E-state index in [2.05, 4.69) is 13.8 Å². The molecule has 2 nitrogen and oxygen atoms in total.